The zero-order valence-corrected chi connectivity index (χ0v) is 11.1. The van der Waals surface area contributed by atoms with Crippen LogP contribution < -0.4 is 5.32 Å². The molecule has 1 amide bonds. The number of non-ortho nitro benzene ring substituents is 1. The zero-order chi connectivity index (χ0) is 15.2. The van der Waals surface area contributed by atoms with E-state index in [1.807, 2.05) is 30.3 Å². The van der Waals surface area contributed by atoms with Gasteiger partial charge in [-0.3, -0.25) is 20.3 Å². The molecule has 0 saturated carbocycles. The van der Waals surface area contributed by atoms with Crippen molar-refractivity contribution in [3.63, 3.8) is 0 Å². The molecule has 2 N–H and O–H groups in total. The van der Waals surface area contributed by atoms with Gasteiger partial charge >= 0.3 is 0 Å². The summed E-state index contributed by atoms with van der Waals surface area (Å²) in [7, 11) is 0. The standard InChI is InChI=1S/C15H13N3O3/c16-14(12-7-4-8-13(9-12)18(20)21)15(19)17-10-11-5-2-1-3-6-11/h1-9,16H,10H2,(H,17,19). The summed E-state index contributed by atoms with van der Waals surface area (Å²) in [6.45, 7) is 0.303. The number of rotatable bonds is 5. The van der Waals surface area contributed by atoms with E-state index in [1.54, 1.807) is 0 Å². The maximum atomic E-state index is 11.9. The Morgan fingerprint density at radius 3 is 2.52 bits per heavy atom. The van der Waals surface area contributed by atoms with Gasteiger partial charge in [-0.15, -0.1) is 0 Å². The Kier molecular flexibility index (Phi) is 4.40. The van der Waals surface area contributed by atoms with Gasteiger partial charge in [0.2, 0.25) is 0 Å². The van der Waals surface area contributed by atoms with Gasteiger partial charge in [0.25, 0.3) is 11.6 Å². The molecule has 0 radical (unpaired) electrons. The SMILES string of the molecule is N=C(C(=O)NCc1ccccc1)c1cccc([N+](=O)[O-])c1. The number of carbonyl (C=O) groups excluding carboxylic acids is 1. The lowest BCUT2D eigenvalue weighted by Crippen LogP contribution is -2.30. The third-order valence-corrected chi connectivity index (χ3v) is 2.87. The molecule has 0 spiro atoms. The predicted octanol–water partition coefficient (Wildman–Crippen LogP) is 2.28. The van der Waals surface area contributed by atoms with Gasteiger partial charge in [-0.25, -0.2) is 0 Å². The number of nitro benzene ring substituents is 1. The molecular weight excluding hydrogens is 270 g/mol. The minimum absolute atomic E-state index is 0.145. The molecule has 0 fully saturated rings. The largest absolute Gasteiger partial charge is 0.347 e. The highest BCUT2D eigenvalue weighted by Gasteiger charge is 2.14. The summed E-state index contributed by atoms with van der Waals surface area (Å²) in [6, 6.07) is 14.8. The summed E-state index contributed by atoms with van der Waals surface area (Å²) in [5, 5.41) is 21.1. The summed E-state index contributed by atoms with van der Waals surface area (Å²) in [6.07, 6.45) is 0. The summed E-state index contributed by atoms with van der Waals surface area (Å²) in [5.74, 6) is -0.570. The summed E-state index contributed by atoms with van der Waals surface area (Å²) in [5.41, 5.74) is 0.690. The van der Waals surface area contributed by atoms with Crippen molar-refractivity contribution in [3.8, 4) is 0 Å². The molecule has 2 aromatic rings. The van der Waals surface area contributed by atoms with Gasteiger partial charge in [0.1, 0.15) is 5.71 Å². The van der Waals surface area contributed by atoms with Crippen molar-refractivity contribution < 1.29 is 9.72 Å². The Labute approximate surface area is 121 Å². The summed E-state index contributed by atoms with van der Waals surface area (Å²) >= 11 is 0. The van der Waals surface area contributed by atoms with Crippen molar-refractivity contribution in [2.75, 3.05) is 0 Å². The molecule has 0 heterocycles. The number of amides is 1. The molecule has 0 saturated heterocycles. The zero-order valence-electron chi connectivity index (χ0n) is 11.1. The van der Waals surface area contributed by atoms with Crippen LogP contribution >= 0.6 is 0 Å². The van der Waals surface area contributed by atoms with E-state index in [4.69, 9.17) is 5.41 Å². The minimum atomic E-state index is -0.570. The molecule has 6 nitrogen and oxygen atoms in total. The Balaban J connectivity index is 2.04. The minimum Gasteiger partial charge on any atom is -0.347 e. The fourth-order valence-electron chi connectivity index (χ4n) is 1.77. The first-order chi connectivity index (χ1) is 10.1. The quantitative estimate of drug-likeness (QED) is 0.500. The van der Waals surface area contributed by atoms with E-state index in [9.17, 15) is 14.9 Å². The molecule has 6 heteroatoms. The molecule has 0 unspecified atom stereocenters. The Hall–Kier alpha value is -3.02. The van der Waals surface area contributed by atoms with Gasteiger partial charge in [-0.2, -0.15) is 0 Å². The molecule has 2 rings (SSSR count). The summed E-state index contributed by atoms with van der Waals surface area (Å²) in [4.78, 5) is 22.0. The lowest BCUT2D eigenvalue weighted by atomic mass is 10.1. The van der Waals surface area contributed by atoms with Gasteiger partial charge in [0.15, 0.2) is 0 Å². The number of nitrogens with one attached hydrogen (secondary N) is 2. The van der Waals surface area contributed by atoms with Crippen molar-refractivity contribution >= 4 is 17.3 Å². The molecule has 2 aromatic carbocycles. The molecule has 106 valence electrons. The number of hydrogen-bond acceptors (Lipinski definition) is 4. The molecular formula is C15H13N3O3. The second kappa shape index (κ2) is 6.42. The average molecular weight is 283 g/mol. The first-order valence-electron chi connectivity index (χ1n) is 6.23. The fraction of sp³-hybridized carbons (Fsp3) is 0.0667. The molecule has 0 aliphatic rings. The van der Waals surface area contributed by atoms with E-state index in [0.717, 1.165) is 5.56 Å². The smallest absolute Gasteiger partial charge is 0.270 e. The van der Waals surface area contributed by atoms with Crippen LogP contribution in [0.2, 0.25) is 0 Å². The molecule has 0 aliphatic carbocycles. The lowest BCUT2D eigenvalue weighted by molar-refractivity contribution is -0.384. The Morgan fingerprint density at radius 1 is 1.14 bits per heavy atom. The Bertz CT molecular complexity index is 684. The number of nitro groups is 1. The van der Waals surface area contributed by atoms with Crippen LogP contribution in [0.3, 0.4) is 0 Å². The van der Waals surface area contributed by atoms with Gasteiger partial charge in [-0.1, -0.05) is 42.5 Å². The van der Waals surface area contributed by atoms with Crippen LogP contribution in [0.5, 0.6) is 0 Å². The van der Waals surface area contributed by atoms with E-state index in [1.165, 1.54) is 24.3 Å². The topological polar surface area (TPSA) is 96.1 Å². The maximum absolute atomic E-state index is 11.9. The average Bonchev–Trinajstić information content (AvgIpc) is 2.53. The second-order valence-corrected chi connectivity index (χ2v) is 4.35. The van der Waals surface area contributed by atoms with Gasteiger partial charge in [-0.05, 0) is 5.56 Å². The highest BCUT2D eigenvalue weighted by Crippen LogP contribution is 2.13. The third kappa shape index (κ3) is 3.73. The van der Waals surface area contributed by atoms with E-state index in [0.29, 0.717) is 6.54 Å². The van der Waals surface area contributed by atoms with E-state index >= 15 is 0 Å². The second-order valence-electron chi connectivity index (χ2n) is 4.35. The molecule has 0 aliphatic heterocycles. The highest BCUT2D eigenvalue weighted by atomic mass is 16.6. The van der Waals surface area contributed by atoms with E-state index < -0.39 is 10.8 Å². The summed E-state index contributed by atoms with van der Waals surface area (Å²) < 4.78 is 0. The monoisotopic (exact) mass is 283 g/mol. The Morgan fingerprint density at radius 2 is 1.86 bits per heavy atom. The molecule has 0 aromatic heterocycles. The van der Waals surface area contributed by atoms with Crippen LogP contribution in [0.25, 0.3) is 0 Å². The lowest BCUT2D eigenvalue weighted by Gasteiger charge is -2.06. The number of hydrogen-bond donors (Lipinski definition) is 2. The predicted molar refractivity (Wildman–Crippen MR) is 78.2 cm³/mol. The van der Waals surface area contributed by atoms with Crippen LogP contribution in [-0.4, -0.2) is 16.5 Å². The number of benzene rings is 2. The van der Waals surface area contributed by atoms with E-state index in [2.05, 4.69) is 5.32 Å². The third-order valence-electron chi connectivity index (χ3n) is 2.87. The van der Waals surface area contributed by atoms with Crippen molar-refractivity contribution in [3.05, 3.63) is 75.8 Å². The molecule has 0 atom stereocenters. The van der Waals surface area contributed by atoms with Gasteiger partial charge in [0.05, 0.1) is 4.92 Å². The molecule has 0 bridgehead atoms. The van der Waals surface area contributed by atoms with Crippen LogP contribution in [0.1, 0.15) is 11.1 Å². The first kappa shape index (κ1) is 14.4. The first-order valence-corrected chi connectivity index (χ1v) is 6.23. The van der Waals surface area contributed by atoms with Crippen molar-refractivity contribution in [1.29, 1.82) is 5.41 Å². The van der Waals surface area contributed by atoms with Crippen LogP contribution in [0, 0.1) is 15.5 Å². The van der Waals surface area contributed by atoms with Gasteiger partial charge < -0.3 is 5.32 Å². The number of nitrogens with zero attached hydrogens (tertiary/aromatic N) is 1. The van der Waals surface area contributed by atoms with Crippen LogP contribution in [0.4, 0.5) is 5.69 Å². The fourth-order valence-corrected chi connectivity index (χ4v) is 1.77. The van der Waals surface area contributed by atoms with Gasteiger partial charge in [0, 0.05) is 24.2 Å². The van der Waals surface area contributed by atoms with Crippen LogP contribution in [0.15, 0.2) is 54.6 Å². The highest BCUT2D eigenvalue weighted by molar-refractivity contribution is 6.44. The van der Waals surface area contributed by atoms with Crippen LogP contribution in [-0.2, 0) is 11.3 Å². The van der Waals surface area contributed by atoms with E-state index in [-0.39, 0.29) is 17.0 Å². The normalized spacial score (nSPS) is 9.90. The van der Waals surface area contributed by atoms with Crippen molar-refractivity contribution in [1.82, 2.24) is 5.32 Å². The number of carbonyl (C=O) groups is 1. The van der Waals surface area contributed by atoms with Crippen molar-refractivity contribution in [2.24, 2.45) is 0 Å². The molecule has 21 heavy (non-hydrogen) atoms. The maximum Gasteiger partial charge on any atom is 0.270 e. The van der Waals surface area contributed by atoms with Crippen molar-refractivity contribution in [2.45, 2.75) is 6.54 Å².